The largest absolute Gasteiger partial charge is 0.483 e. The molecule has 0 aliphatic carbocycles. The number of hydrogen-bond donors (Lipinski definition) is 2. The first-order chi connectivity index (χ1) is 10.8. The van der Waals surface area contributed by atoms with Gasteiger partial charge in [-0.1, -0.05) is 23.7 Å². The molecule has 1 aromatic carbocycles. The number of carbonyl (C=O) groups excluding carboxylic acids is 1. The third-order valence-corrected chi connectivity index (χ3v) is 4.49. The molecule has 2 rings (SSSR count). The van der Waals surface area contributed by atoms with Crippen molar-refractivity contribution in [1.82, 2.24) is 15.3 Å². The molecule has 0 fully saturated rings. The number of methoxy groups -OCH3 is 1. The van der Waals surface area contributed by atoms with Crippen LogP contribution in [0.2, 0.25) is 5.02 Å². The van der Waals surface area contributed by atoms with Crippen molar-refractivity contribution in [2.45, 2.75) is 11.8 Å². The maximum Gasteiger partial charge on any atom is 0.348 e. The number of carbonyl (C=O) groups is 1. The summed E-state index contributed by atoms with van der Waals surface area (Å²) >= 11 is 5.83. The number of sulfonamides is 1. The molecule has 1 heterocycles. The number of nitrogens with zero attached hydrogens (tertiary/aromatic N) is 3. The van der Waals surface area contributed by atoms with Gasteiger partial charge in [0.1, 0.15) is 11.4 Å². The number of nitrogens with one attached hydrogen (secondary N) is 2. The Bertz CT molecular complexity index is 777. The minimum Gasteiger partial charge on any atom is -0.483 e. The maximum absolute atomic E-state index is 12.1. The van der Waals surface area contributed by atoms with Crippen LogP contribution >= 0.6 is 11.6 Å². The van der Waals surface area contributed by atoms with E-state index in [0.717, 1.165) is 5.12 Å². The van der Waals surface area contributed by atoms with Crippen molar-refractivity contribution >= 4 is 39.4 Å². The standard InChI is InChI=1S/C12H14ClN5O4S/c1-8-14-11(22-2)7-18(15-8)16-12(19)17-23(20,21)10-6-4-3-5-9(10)13/h3-6H,7H2,1-2H3,(H2,16,17,19). The fraction of sp³-hybridized carbons (Fsp3) is 0.250. The summed E-state index contributed by atoms with van der Waals surface area (Å²) in [6, 6.07) is 4.79. The highest BCUT2D eigenvalue weighted by molar-refractivity contribution is 7.90. The maximum atomic E-state index is 12.1. The molecule has 2 N–H and O–H groups in total. The molecule has 0 aromatic heterocycles. The summed E-state index contributed by atoms with van der Waals surface area (Å²) in [6.07, 6.45) is 0. The number of urea groups is 1. The van der Waals surface area contributed by atoms with Gasteiger partial charge < -0.3 is 4.74 Å². The molecule has 0 saturated heterocycles. The Kier molecular flexibility index (Phi) is 5.06. The third kappa shape index (κ3) is 4.33. The minimum absolute atomic E-state index is 0.00782. The summed E-state index contributed by atoms with van der Waals surface area (Å²) in [5.41, 5.74) is 2.27. The van der Waals surface area contributed by atoms with Crippen molar-refractivity contribution in [1.29, 1.82) is 0 Å². The summed E-state index contributed by atoms with van der Waals surface area (Å²) in [7, 11) is -2.68. The molecule has 0 unspecified atom stereocenters. The van der Waals surface area contributed by atoms with Crippen LogP contribution in [0.4, 0.5) is 4.79 Å². The minimum atomic E-state index is -4.10. The highest BCUT2D eigenvalue weighted by Crippen LogP contribution is 2.19. The van der Waals surface area contributed by atoms with E-state index in [0.29, 0.717) is 11.7 Å². The van der Waals surface area contributed by atoms with Crippen LogP contribution in [0.1, 0.15) is 6.92 Å². The van der Waals surface area contributed by atoms with Crippen molar-refractivity contribution in [2.24, 2.45) is 10.1 Å². The summed E-state index contributed by atoms with van der Waals surface area (Å²) in [6.45, 7) is 1.67. The number of amidine groups is 1. The fourth-order valence-corrected chi connectivity index (χ4v) is 3.15. The highest BCUT2D eigenvalue weighted by atomic mass is 35.5. The lowest BCUT2D eigenvalue weighted by Crippen LogP contribution is -2.49. The number of benzene rings is 1. The molecule has 0 saturated carbocycles. The van der Waals surface area contributed by atoms with Gasteiger partial charge in [0.15, 0.2) is 5.84 Å². The van der Waals surface area contributed by atoms with Crippen LogP contribution in [0, 0.1) is 0 Å². The summed E-state index contributed by atoms with van der Waals surface area (Å²) < 4.78 is 31.1. The molecule has 124 valence electrons. The van der Waals surface area contributed by atoms with Gasteiger partial charge in [-0.3, -0.25) is 0 Å². The van der Waals surface area contributed by atoms with Gasteiger partial charge in [-0.25, -0.2) is 23.4 Å². The molecule has 0 spiro atoms. The highest BCUT2D eigenvalue weighted by Gasteiger charge is 2.22. The van der Waals surface area contributed by atoms with E-state index in [4.69, 9.17) is 16.3 Å². The van der Waals surface area contributed by atoms with Crippen molar-refractivity contribution in [3.8, 4) is 0 Å². The number of hydrazine groups is 1. The first-order valence-corrected chi connectivity index (χ1v) is 8.20. The van der Waals surface area contributed by atoms with Crippen LogP contribution in [0.5, 0.6) is 0 Å². The molecule has 0 atom stereocenters. The van der Waals surface area contributed by atoms with Crippen LogP contribution in [0.3, 0.4) is 0 Å². The third-order valence-electron chi connectivity index (χ3n) is 2.66. The van der Waals surface area contributed by atoms with Gasteiger partial charge >= 0.3 is 6.03 Å². The molecular weight excluding hydrogens is 346 g/mol. The molecular formula is C12H14ClN5O4S. The number of hydrogen-bond acceptors (Lipinski definition) is 7. The Hall–Kier alpha value is -2.33. The van der Waals surface area contributed by atoms with Crippen LogP contribution in [0.25, 0.3) is 0 Å². The van der Waals surface area contributed by atoms with Gasteiger partial charge in [0.25, 0.3) is 10.0 Å². The second-order valence-electron chi connectivity index (χ2n) is 4.39. The van der Waals surface area contributed by atoms with Crippen molar-refractivity contribution in [2.75, 3.05) is 13.7 Å². The van der Waals surface area contributed by atoms with Crippen molar-refractivity contribution in [3.63, 3.8) is 0 Å². The van der Waals surface area contributed by atoms with E-state index >= 15 is 0 Å². The van der Waals surface area contributed by atoms with Crippen LogP contribution in [-0.2, 0) is 14.8 Å². The second kappa shape index (κ2) is 6.84. The normalized spacial score (nSPS) is 14.7. The van der Waals surface area contributed by atoms with Gasteiger partial charge in [0.05, 0.1) is 12.1 Å². The average molecular weight is 360 g/mol. The van der Waals surface area contributed by atoms with E-state index in [1.54, 1.807) is 13.0 Å². The van der Waals surface area contributed by atoms with Crippen LogP contribution in [0.15, 0.2) is 39.3 Å². The van der Waals surface area contributed by atoms with E-state index in [-0.39, 0.29) is 16.5 Å². The number of hydrazone groups is 1. The first kappa shape index (κ1) is 17.0. The van der Waals surface area contributed by atoms with E-state index in [1.807, 2.05) is 4.72 Å². The Morgan fingerprint density at radius 1 is 1.39 bits per heavy atom. The first-order valence-electron chi connectivity index (χ1n) is 6.34. The summed E-state index contributed by atoms with van der Waals surface area (Å²) in [5.74, 6) is 0.675. The van der Waals surface area contributed by atoms with Gasteiger partial charge in [-0.05, 0) is 19.1 Å². The number of rotatable bonds is 3. The zero-order valence-electron chi connectivity index (χ0n) is 12.3. The number of amides is 2. The van der Waals surface area contributed by atoms with Crippen LogP contribution in [-0.4, -0.2) is 45.0 Å². The van der Waals surface area contributed by atoms with E-state index in [1.165, 1.54) is 25.3 Å². The fourth-order valence-electron chi connectivity index (χ4n) is 1.73. The zero-order valence-corrected chi connectivity index (χ0v) is 13.8. The van der Waals surface area contributed by atoms with E-state index < -0.39 is 16.1 Å². The summed E-state index contributed by atoms with van der Waals surface area (Å²) in [4.78, 5) is 15.7. The quantitative estimate of drug-likeness (QED) is 0.833. The average Bonchev–Trinajstić information content (AvgIpc) is 2.46. The Morgan fingerprint density at radius 3 is 2.74 bits per heavy atom. The summed E-state index contributed by atoms with van der Waals surface area (Å²) in [5, 5.41) is 5.05. The monoisotopic (exact) mass is 359 g/mol. The molecule has 1 aromatic rings. The number of halogens is 1. The molecule has 0 bridgehead atoms. The lowest BCUT2D eigenvalue weighted by Gasteiger charge is -2.23. The smallest absolute Gasteiger partial charge is 0.348 e. The van der Waals surface area contributed by atoms with Gasteiger partial charge in [-0.2, -0.15) is 10.1 Å². The van der Waals surface area contributed by atoms with Crippen LogP contribution < -0.4 is 10.1 Å². The lowest BCUT2D eigenvalue weighted by atomic mass is 10.4. The molecule has 23 heavy (non-hydrogen) atoms. The Morgan fingerprint density at radius 2 is 2.09 bits per heavy atom. The van der Waals surface area contributed by atoms with Gasteiger partial charge in [0.2, 0.25) is 5.90 Å². The van der Waals surface area contributed by atoms with Gasteiger partial charge in [-0.15, -0.1) is 5.10 Å². The lowest BCUT2D eigenvalue weighted by molar-refractivity contribution is 0.190. The van der Waals surface area contributed by atoms with Crippen molar-refractivity contribution < 1.29 is 17.9 Å². The molecule has 9 nitrogen and oxygen atoms in total. The zero-order chi connectivity index (χ0) is 17.0. The molecule has 1 aliphatic heterocycles. The predicted molar refractivity (Wildman–Crippen MR) is 84.6 cm³/mol. The molecule has 11 heteroatoms. The van der Waals surface area contributed by atoms with E-state index in [9.17, 15) is 13.2 Å². The number of aliphatic imine (C=N–C) groups is 1. The van der Waals surface area contributed by atoms with Crippen molar-refractivity contribution in [3.05, 3.63) is 29.3 Å². The second-order valence-corrected chi connectivity index (χ2v) is 6.45. The molecule has 1 aliphatic rings. The topological polar surface area (TPSA) is 112 Å². The SMILES string of the molecule is COC1=NC(C)=NN(NC(=O)NS(=O)(=O)c2ccccc2Cl)C1. The van der Waals surface area contributed by atoms with Gasteiger partial charge in [0, 0.05) is 0 Å². The predicted octanol–water partition coefficient (Wildman–Crippen LogP) is 0.937. The Labute approximate surface area is 138 Å². The molecule has 2 amide bonds. The Balaban J connectivity index is 2.06. The molecule has 0 radical (unpaired) electrons. The number of ether oxygens (including phenoxy) is 1. The van der Waals surface area contributed by atoms with E-state index in [2.05, 4.69) is 15.5 Å².